The van der Waals surface area contributed by atoms with E-state index in [1.807, 2.05) is 18.2 Å². The lowest BCUT2D eigenvalue weighted by atomic mass is 9.87. The number of esters is 2. The van der Waals surface area contributed by atoms with Crippen molar-refractivity contribution >= 4 is 18.0 Å². The Morgan fingerprint density at radius 2 is 1.72 bits per heavy atom. The minimum absolute atomic E-state index is 0.0880. The molecule has 25 heavy (non-hydrogen) atoms. The van der Waals surface area contributed by atoms with Crippen LogP contribution in [0.4, 0.5) is 0 Å². The van der Waals surface area contributed by atoms with E-state index >= 15 is 0 Å². The highest BCUT2D eigenvalue weighted by atomic mass is 16.5. The van der Waals surface area contributed by atoms with E-state index in [-0.39, 0.29) is 11.5 Å². The maximum Gasteiger partial charge on any atom is 0.345 e. The van der Waals surface area contributed by atoms with Gasteiger partial charge in [0, 0.05) is 0 Å². The summed E-state index contributed by atoms with van der Waals surface area (Å²) in [6.07, 6.45) is 9.89. The number of ether oxygens (including phenoxy) is 2. The first-order valence-corrected chi connectivity index (χ1v) is 8.78. The van der Waals surface area contributed by atoms with Crippen LogP contribution in [0.5, 0.6) is 0 Å². The number of carbonyl (C=O) groups excluding carboxylic acids is 2. The van der Waals surface area contributed by atoms with Gasteiger partial charge in [-0.3, -0.25) is 0 Å². The molecular weight excluding hydrogens is 316 g/mol. The molecule has 0 N–H and O–H groups in total. The van der Waals surface area contributed by atoms with Gasteiger partial charge >= 0.3 is 11.9 Å². The van der Waals surface area contributed by atoms with E-state index in [0.717, 1.165) is 49.7 Å². The van der Waals surface area contributed by atoms with Gasteiger partial charge in [0.2, 0.25) is 0 Å². The number of allylic oxidation sites excluding steroid dienone is 2. The molecule has 1 aromatic carbocycles. The molecule has 0 aliphatic heterocycles. The fraction of sp³-hybridized carbons (Fsp3) is 0.429. The van der Waals surface area contributed by atoms with Gasteiger partial charge in [-0.1, -0.05) is 55.3 Å². The Morgan fingerprint density at radius 1 is 1.04 bits per heavy atom. The van der Waals surface area contributed by atoms with Gasteiger partial charge in [0.25, 0.3) is 0 Å². The summed E-state index contributed by atoms with van der Waals surface area (Å²) in [7, 11) is 2.60. The fourth-order valence-electron chi connectivity index (χ4n) is 3.33. The zero-order valence-corrected chi connectivity index (χ0v) is 15.0. The molecule has 1 aliphatic carbocycles. The van der Waals surface area contributed by atoms with Crippen LogP contribution in [0.3, 0.4) is 0 Å². The molecule has 1 saturated carbocycles. The van der Waals surface area contributed by atoms with Crippen molar-refractivity contribution in [1.82, 2.24) is 0 Å². The van der Waals surface area contributed by atoms with Crippen molar-refractivity contribution in [3.8, 4) is 0 Å². The van der Waals surface area contributed by atoms with Crippen LogP contribution in [-0.2, 0) is 19.1 Å². The maximum absolute atomic E-state index is 12.2. The summed E-state index contributed by atoms with van der Waals surface area (Å²) in [6, 6.07) is 10.1. The lowest BCUT2D eigenvalue weighted by Gasteiger charge is -2.19. The molecule has 0 spiro atoms. The Morgan fingerprint density at radius 3 is 2.36 bits per heavy atom. The molecule has 0 radical (unpaired) electrons. The zero-order valence-electron chi connectivity index (χ0n) is 15.0. The number of methoxy groups -OCH3 is 2. The predicted molar refractivity (Wildman–Crippen MR) is 97.7 cm³/mol. The molecule has 134 valence electrons. The van der Waals surface area contributed by atoms with Crippen LogP contribution in [0, 0.1) is 5.92 Å². The molecule has 0 amide bonds. The van der Waals surface area contributed by atoms with Gasteiger partial charge in [-0.05, 0) is 42.7 Å². The van der Waals surface area contributed by atoms with Crippen LogP contribution in [0.2, 0.25) is 0 Å². The van der Waals surface area contributed by atoms with E-state index in [1.165, 1.54) is 14.2 Å². The minimum Gasteiger partial charge on any atom is -0.465 e. The van der Waals surface area contributed by atoms with Crippen LogP contribution in [0.15, 0.2) is 47.6 Å². The number of hydrogen-bond acceptors (Lipinski definition) is 4. The summed E-state index contributed by atoms with van der Waals surface area (Å²) in [5.74, 6) is -1.03. The first kappa shape index (κ1) is 19.0. The average Bonchev–Trinajstić information content (AvgIpc) is 2.88. The highest BCUT2D eigenvalue weighted by molar-refractivity contribution is 6.14. The van der Waals surface area contributed by atoms with E-state index in [2.05, 4.69) is 24.3 Å². The molecule has 4 nitrogen and oxygen atoms in total. The third kappa shape index (κ3) is 5.31. The summed E-state index contributed by atoms with van der Waals surface area (Å²) >= 11 is 0. The van der Waals surface area contributed by atoms with Crippen molar-refractivity contribution in [2.75, 3.05) is 14.2 Å². The fourth-order valence-corrected chi connectivity index (χ4v) is 3.33. The van der Waals surface area contributed by atoms with Crippen LogP contribution < -0.4 is 0 Å². The van der Waals surface area contributed by atoms with E-state index < -0.39 is 11.9 Å². The molecule has 0 bridgehead atoms. The van der Waals surface area contributed by atoms with E-state index in [1.54, 1.807) is 0 Å². The quantitative estimate of drug-likeness (QED) is 0.263. The standard InChI is InChI=1S/C21H26O4/c1-24-20(22)19(21(23)25-2)18-15-8-4-7-13-17(18)14-9-12-16-10-5-3-6-11-16/h3,5-6,9-12,17H,4,7-8,13-15H2,1-2H3/b12-9+/t17-/m0/s1. The van der Waals surface area contributed by atoms with Crippen molar-refractivity contribution in [3.63, 3.8) is 0 Å². The van der Waals surface area contributed by atoms with Gasteiger partial charge in [0.1, 0.15) is 5.57 Å². The largest absolute Gasteiger partial charge is 0.465 e. The van der Waals surface area contributed by atoms with Crippen molar-refractivity contribution < 1.29 is 19.1 Å². The molecule has 1 fully saturated rings. The van der Waals surface area contributed by atoms with Crippen LogP contribution in [-0.4, -0.2) is 26.2 Å². The molecule has 0 heterocycles. The van der Waals surface area contributed by atoms with Crippen LogP contribution in [0.25, 0.3) is 6.08 Å². The Hall–Kier alpha value is -2.36. The number of rotatable bonds is 5. The second kappa shape index (κ2) is 9.82. The van der Waals surface area contributed by atoms with Gasteiger partial charge in [0.05, 0.1) is 14.2 Å². The molecule has 0 saturated heterocycles. The Balaban J connectivity index is 2.27. The summed E-state index contributed by atoms with van der Waals surface area (Å²) in [6.45, 7) is 0. The van der Waals surface area contributed by atoms with Crippen molar-refractivity contribution in [2.45, 2.75) is 38.5 Å². The summed E-state index contributed by atoms with van der Waals surface area (Å²) in [5, 5.41) is 0. The molecule has 1 atom stereocenters. The molecule has 0 aromatic heterocycles. The normalized spacial score (nSPS) is 17.8. The third-order valence-corrected chi connectivity index (χ3v) is 4.62. The van der Waals surface area contributed by atoms with Crippen molar-refractivity contribution in [3.05, 3.63) is 53.1 Å². The van der Waals surface area contributed by atoms with Crippen LogP contribution in [0.1, 0.15) is 44.1 Å². The molecule has 2 rings (SSSR count). The molecule has 4 heteroatoms. The second-order valence-electron chi connectivity index (χ2n) is 6.23. The smallest absolute Gasteiger partial charge is 0.345 e. The van der Waals surface area contributed by atoms with Gasteiger partial charge in [-0.15, -0.1) is 0 Å². The number of hydrogen-bond donors (Lipinski definition) is 0. The van der Waals surface area contributed by atoms with E-state index in [4.69, 9.17) is 9.47 Å². The van der Waals surface area contributed by atoms with Gasteiger partial charge in [-0.25, -0.2) is 9.59 Å². The first-order chi connectivity index (χ1) is 12.2. The van der Waals surface area contributed by atoms with E-state index in [0.29, 0.717) is 0 Å². The predicted octanol–water partition coefficient (Wildman–Crippen LogP) is 4.31. The summed E-state index contributed by atoms with van der Waals surface area (Å²) in [5.41, 5.74) is 2.11. The summed E-state index contributed by atoms with van der Waals surface area (Å²) in [4.78, 5) is 24.3. The third-order valence-electron chi connectivity index (χ3n) is 4.62. The Kier molecular flexibility index (Phi) is 7.45. The first-order valence-electron chi connectivity index (χ1n) is 8.78. The van der Waals surface area contributed by atoms with Crippen molar-refractivity contribution in [1.29, 1.82) is 0 Å². The van der Waals surface area contributed by atoms with Gasteiger partial charge in [-0.2, -0.15) is 0 Å². The average molecular weight is 342 g/mol. The molecule has 0 unspecified atom stereocenters. The minimum atomic E-state index is -0.596. The highest BCUT2D eigenvalue weighted by Crippen LogP contribution is 2.34. The Bertz CT molecular complexity index is 625. The lowest BCUT2D eigenvalue weighted by Crippen LogP contribution is -2.21. The molecule has 1 aromatic rings. The topological polar surface area (TPSA) is 52.6 Å². The number of carbonyl (C=O) groups is 2. The number of benzene rings is 1. The summed E-state index contributed by atoms with van der Waals surface area (Å²) < 4.78 is 9.67. The lowest BCUT2D eigenvalue weighted by molar-refractivity contribution is -0.144. The van der Waals surface area contributed by atoms with Crippen molar-refractivity contribution in [2.24, 2.45) is 5.92 Å². The van der Waals surface area contributed by atoms with Gasteiger partial charge in [0.15, 0.2) is 0 Å². The second-order valence-corrected chi connectivity index (χ2v) is 6.23. The monoisotopic (exact) mass is 342 g/mol. The highest BCUT2D eigenvalue weighted by Gasteiger charge is 2.29. The SMILES string of the molecule is COC(=O)C(C(=O)OC)=C1CCCCC[C@H]1C/C=C/c1ccccc1. The van der Waals surface area contributed by atoms with E-state index in [9.17, 15) is 9.59 Å². The maximum atomic E-state index is 12.2. The van der Waals surface area contributed by atoms with Gasteiger partial charge < -0.3 is 9.47 Å². The Labute approximate surface area is 149 Å². The molecule has 1 aliphatic rings. The molecular formula is C21H26O4. The van der Waals surface area contributed by atoms with Crippen LogP contribution >= 0.6 is 0 Å². The zero-order chi connectivity index (χ0) is 18.1.